The van der Waals surface area contributed by atoms with Crippen LogP contribution in [0.1, 0.15) is 0 Å². The van der Waals surface area contributed by atoms with Gasteiger partial charge in [-0.3, -0.25) is 4.72 Å². The van der Waals surface area contributed by atoms with E-state index in [0.717, 1.165) is 42.9 Å². The summed E-state index contributed by atoms with van der Waals surface area (Å²) in [6.45, 7) is 3.83. The number of rotatable bonds is 5. The average Bonchev–Trinajstić information content (AvgIpc) is 2.73. The Morgan fingerprint density at radius 2 is 1.55 bits per heavy atom. The van der Waals surface area contributed by atoms with Crippen molar-refractivity contribution in [2.45, 2.75) is 4.90 Å². The molecule has 0 aromatic heterocycles. The van der Waals surface area contributed by atoms with Gasteiger partial charge < -0.3 is 15.1 Å². The highest BCUT2D eigenvalue weighted by Crippen LogP contribution is 2.31. The quantitative estimate of drug-likeness (QED) is 0.677. The fourth-order valence-electron chi connectivity index (χ4n) is 3.76. The molecule has 4 rings (SSSR count). The second-order valence-electron chi connectivity index (χ2n) is 7.41. The predicted octanol–water partition coefficient (Wildman–Crippen LogP) is 3.12. The van der Waals surface area contributed by atoms with E-state index < -0.39 is 10.0 Å². The van der Waals surface area contributed by atoms with Crippen molar-refractivity contribution in [2.24, 2.45) is 0 Å². The molecule has 0 aliphatic carbocycles. The summed E-state index contributed by atoms with van der Waals surface area (Å²) < 4.78 is 29.0. The van der Waals surface area contributed by atoms with Crippen molar-refractivity contribution in [1.82, 2.24) is 5.32 Å². The van der Waals surface area contributed by atoms with Gasteiger partial charge in [0.25, 0.3) is 10.0 Å². The van der Waals surface area contributed by atoms with Crippen LogP contribution in [0.4, 0.5) is 17.1 Å². The molecule has 0 saturated carbocycles. The summed E-state index contributed by atoms with van der Waals surface area (Å²) in [5.74, 6) is 0. The van der Waals surface area contributed by atoms with Crippen molar-refractivity contribution in [3.05, 3.63) is 60.7 Å². The van der Waals surface area contributed by atoms with Gasteiger partial charge in [0, 0.05) is 68.1 Å². The lowest BCUT2D eigenvalue weighted by atomic mass is 10.1. The van der Waals surface area contributed by atoms with Crippen molar-refractivity contribution >= 4 is 37.9 Å². The molecule has 0 atom stereocenters. The summed E-state index contributed by atoms with van der Waals surface area (Å²) in [6, 6.07) is 18.7. The fourth-order valence-corrected chi connectivity index (χ4v) is 5.04. The SMILES string of the molecule is CN(C)c1cccc2c(S(=O)(=O)Nc3ccc(N4CCNCC4)cc3)cccc12. The Balaban J connectivity index is 1.63. The number of hydrogen-bond donors (Lipinski definition) is 2. The highest BCUT2D eigenvalue weighted by molar-refractivity contribution is 7.93. The van der Waals surface area contributed by atoms with Gasteiger partial charge in [0.2, 0.25) is 0 Å². The van der Waals surface area contributed by atoms with E-state index in [-0.39, 0.29) is 4.90 Å². The molecule has 6 nitrogen and oxygen atoms in total. The number of hydrogen-bond acceptors (Lipinski definition) is 5. The Labute approximate surface area is 172 Å². The first kappa shape index (κ1) is 19.5. The Morgan fingerprint density at radius 3 is 2.24 bits per heavy atom. The van der Waals surface area contributed by atoms with Crippen molar-refractivity contribution < 1.29 is 8.42 Å². The number of sulfonamides is 1. The molecule has 3 aromatic rings. The van der Waals surface area contributed by atoms with Crippen LogP contribution in [0.15, 0.2) is 65.6 Å². The molecule has 0 bridgehead atoms. The molecule has 7 heteroatoms. The Bertz CT molecular complexity index is 1110. The van der Waals surface area contributed by atoms with E-state index in [1.807, 2.05) is 67.5 Å². The van der Waals surface area contributed by atoms with Gasteiger partial charge >= 0.3 is 0 Å². The maximum absolute atomic E-state index is 13.1. The molecule has 0 amide bonds. The minimum atomic E-state index is -3.71. The molecule has 0 unspecified atom stereocenters. The maximum atomic E-state index is 13.1. The first-order valence-electron chi connectivity index (χ1n) is 9.73. The van der Waals surface area contributed by atoms with Gasteiger partial charge in [-0.1, -0.05) is 24.3 Å². The zero-order chi connectivity index (χ0) is 20.4. The van der Waals surface area contributed by atoms with E-state index in [1.165, 1.54) is 0 Å². The van der Waals surface area contributed by atoms with E-state index in [0.29, 0.717) is 11.1 Å². The van der Waals surface area contributed by atoms with Gasteiger partial charge in [-0.15, -0.1) is 0 Å². The van der Waals surface area contributed by atoms with E-state index in [4.69, 9.17) is 0 Å². The van der Waals surface area contributed by atoms with Crippen LogP contribution in [0.3, 0.4) is 0 Å². The summed E-state index contributed by atoms with van der Waals surface area (Å²) >= 11 is 0. The summed E-state index contributed by atoms with van der Waals surface area (Å²) in [7, 11) is 0.193. The van der Waals surface area contributed by atoms with E-state index in [1.54, 1.807) is 12.1 Å². The summed E-state index contributed by atoms with van der Waals surface area (Å²) in [6.07, 6.45) is 0. The molecule has 0 spiro atoms. The standard InChI is InChI=1S/C22H26N4O2S/c1-25(2)21-7-3-6-20-19(21)5-4-8-22(20)29(27,28)24-17-9-11-18(12-10-17)26-15-13-23-14-16-26/h3-12,23-24H,13-16H2,1-2H3. The van der Waals surface area contributed by atoms with Crippen molar-refractivity contribution in [3.63, 3.8) is 0 Å². The highest BCUT2D eigenvalue weighted by atomic mass is 32.2. The molecule has 1 heterocycles. The van der Waals surface area contributed by atoms with E-state index in [9.17, 15) is 8.42 Å². The van der Waals surface area contributed by atoms with E-state index in [2.05, 4.69) is 14.9 Å². The summed E-state index contributed by atoms with van der Waals surface area (Å²) in [5.41, 5.74) is 2.65. The predicted molar refractivity (Wildman–Crippen MR) is 121 cm³/mol. The minimum absolute atomic E-state index is 0.282. The number of fused-ring (bicyclic) bond motifs is 1. The van der Waals surface area contributed by atoms with Crippen LogP contribution in [-0.4, -0.2) is 48.7 Å². The molecule has 1 saturated heterocycles. The molecule has 29 heavy (non-hydrogen) atoms. The third-order valence-electron chi connectivity index (χ3n) is 5.23. The monoisotopic (exact) mass is 410 g/mol. The Morgan fingerprint density at radius 1 is 0.897 bits per heavy atom. The van der Waals surface area contributed by atoms with Crippen LogP contribution in [0.25, 0.3) is 10.8 Å². The number of piperazine rings is 1. The molecular weight excluding hydrogens is 384 g/mol. The third-order valence-corrected chi connectivity index (χ3v) is 6.67. The molecule has 2 N–H and O–H groups in total. The number of nitrogens with zero attached hydrogens (tertiary/aromatic N) is 2. The number of nitrogens with one attached hydrogen (secondary N) is 2. The highest BCUT2D eigenvalue weighted by Gasteiger charge is 2.19. The van der Waals surface area contributed by atoms with Crippen LogP contribution >= 0.6 is 0 Å². The van der Waals surface area contributed by atoms with Crippen LogP contribution in [0.2, 0.25) is 0 Å². The fraction of sp³-hybridized carbons (Fsp3) is 0.273. The third kappa shape index (κ3) is 4.02. The number of benzene rings is 3. The topological polar surface area (TPSA) is 64.7 Å². The summed E-state index contributed by atoms with van der Waals surface area (Å²) in [4.78, 5) is 4.56. The largest absolute Gasteiger partial charge is 0.377 e. The van der Waals surface area contributed by atoms with Crippen molar-refractivity contribution in [1.29, 1.82) is 0 Å². The molecule has 0 radical (unpaired) electrons. The van der Waals surface area contributed by atoms with Crippen molar-refractivity contribution in [3.8, 4) is 0 Å². The molecule has 1 fully saturated rings. The normalized spacial score (nSPS) is 14.8. The Hall–Kier alpha value is -2.77. The maximum Gasteiger partial charge on any atom is 0.262 e. The number of anilines is 3. The zero-order valence-electron chi connectivity index (χ0n) is 16.7. The molecule has 1 aliphatic heterocycles. The van der Waals surface area contributed by atoms with Crippen molar-refractivity contribution in [2.75, 3.05) is 54.8 Å². The van der Waals surface area contributed by atoms with Gasteiger partial charge in [-0.05, 0) is 36.4 Å². The van der Waals surface area contributed by atoms with Crippen LogP contribution in [-0.2, 0) is 10.0 Å². The first-order valence-corrected chi connectivity index (χ1v) is 11.2. The lowest BCUT2D eigenvalue weighted by Crippen LogP contribution is -2.43. The van der Waals surface area contributed by atoms with Gasteiger partial charge in [0.15, 0.2) is 0 Å². The van der Waals surface area contributed by atoms with Crippen LogP contribution in [0, 0.1) is 0 Å². The molecule has 152 valence electrons. The lowest BCUT2D eigenvalue weighted by molar-refractivity contribution is 0.589. The minimum Gasteiger partial charge on any atom is -0.377 e. The Kier molecular flexibility index (Phi) is 5.34. The second kappa shape index (κ2) is 7.93. The van der Waals surface area contributed by atoms with Gasteiger partial charge in [-0.2, -0.15) is 0 Å². The summed E-state index contributed by atoms with van der Waals surface area (Å²) in [5, 5.41) is 4.96. The van der Waals surface area contributed by atoms with Gasteiger partial charge in [0.05, 0.1) is 4.90 Å². The molecule has 1 aliphatic rings. The second-order valence-corrected chi connectivity index (χ2v) is 9.06. The molecular formula is C22H26N4O2S. The lowest BCUT2D eigenvalue weighted by Gasteiger charge is -2.29. The smallest absolute Gasteiger partial charge is 0.262 e. The van der Waals surface area contributed by atoms with Crippen LogP contribution < -0.4 is 19.8 Å². The first-order chi connectivity index (χ1) is 14.0. The van der Waals surface area contributed by atoms with E-state index >= 15 is 0 Å². The van der Waals surface area contributed by atoms with Crippen LogP contribution in [0.5, 0.6) is 0 Å². The van der Waals surface area contributed by atoms with Gasteiger partial charge in [0.1, 0.15) is 0 Å². The van der Waals surface area contributed by atoms with Gasteiger partial charge in [-0.25, -0.2) is 8.42 Å². The average molecular weight is 411 g/mol. The zero-order valence-corrected chi connectivity index (χ0v) is 17.5. The molecule has 3 aromatic carbocycles.